The second-order valence-corrected chi connectivity index (χ2v) is 5.52. The summed E-state index contributed by atoms with van der Waals surface area (Å²) in [6, 6.07) is 4.52. The predicted octanol–water partition coefficient (Wildman–Crippen LogP) is 3.34. The first-order valence-corrected chi connectivity index (χ1v) is 6.43. The van der Waals surface area contributed by atoms with Crippen molar-refractivity contribution in [1.29, 1.82) is 0 Å². The van der Waals surface area contributed by atoms with E-state index in [2.05, 4.69) is 31.2 Å². The minimum Gasteiger partial charge on any atom is -0.300 e. The van der Waals surface area contributed by atoms with E-state index in [1.807, 2.05) is 0 Å². The molecule has 17 heavy (non-hydrogen) atoms. The van der Waals surface area contributed by atoms with Crippen molar-refractivity contribution in [1.82, 2.24) is 0 Å². The molecule has 88 valence electrons. The fourth-order valence-electron chi connectivity index (χ4n) is 3.43. The van der Waals surface area contributed by atoms with Crippen molar-refractivity contribution in [3.8, 4) is 0 Å². The summed E-state index contributed by atoms with van der Waals surface area (Å²) in [6.07, 6.45) is 7.64. The average Bonchev–Trinajstić information content (AvgIpc) is 2.78. The average molecular weight is 226 g/mol. The number of carbonyl (C=O) groups excluding carboxylic acids is 1. The highest BCUT2D eigenvalue weighted by Gasteiger charge is 2.34. The van der Waals surface area contributed by atoms with Crippen molar-refractivity contribution in [2.24, 2.45) is 5.92 Å². The van der Waals surface area contributed by atoms with Gasteiger partial charge in [-0.15, -0.1) is 0 Å². The van der Waals surface area contributed by atoms with Gasteiger partial charge in [-0.25, -0.2) is 0 Å². The molecule has 0 aromatic heterocycles. The van der Waals surface area contributed by atoms with E-state index in [1.165, 1.54) is 28.7 Å². The molecule has 0 bridgehead atoms. The lowest BCUT2D eigenvalue weighted by molar-refractivity contribution is -0.116. The first-order valence-electron chi connectivity index (χ1n) is 6.43. The lowest BCUT2D eigenvalue weighted by atomic mass is 9.93. The highest BCUT2D eigenvalue weighted by molar-refractivity contribution is 5.79. The zero-order valence-electron chi connectivity index (χ0n) is 10.5. The Labute approximate surface area is 103 Å². The van der Waals surface area contributed by atoms with Crippen molar-refractivity contribution in [3.05, 3.63) is 46.5 Å². The SMILES string of the molecule is CC(=O)Cc1cc(C)cc2c1CC1CC=CC21. The first-order chi connectivity index (χ1) is 8.15. The molecule has 0 saturated carbocycles. The number of Topliss-reactive ketones (excluding diaryl/α,β-unsaturated/α-hetero) is 1. The van der Waals surface area contributed by atoms with Crippen molar-refractivity contribution < 1.29 is 4.79 Å². The van der Waals surface area contributed by atoms with E-state index in [9.17, 15) is 4.79 Å². The van der Waals surface area contributed by atoms with E-state index in [0.717, 1.165) is 12.3 Å². The third-order valence-electron chi connectivity index (χ3n) is 4.08. The van der Waals surface area contributed by atoms with Gasteiger partial charge in [-0.1, -0.05) is 29.8 Å². The van der Waals surface area contributed by atoms with E-state index < -0.39 is 0 Å². The van der Waals surface area contributed by atoms with E-state index >= 15 is 0 Å². The van der Waals surface area contributed by atoms with Gasteiger partial charge >= 0.3 is 0 Å². The monoisotopic (exact) mass is 226 g/mol. The molecule has 2 unspecified atom stereocenters. The lowest BCUT2D eigenvalue weighted by Gasteiger charge is -2.11. The summed E-state index contributed by atoms with van der Waals surface area (Å²) in [4.78, 5) is 11.4. The molecule has 3 rings (SSSR count). The maximum Gasteiger partial charge on any atom is 0.134 e. The smallest absolute Gasteiger partial charge is 0.134 e. The number of carbonyl (C=O) groups is 1. The topological polar surface area (TPSA) is 17.1 Å². The van der Waals surface area contributed by atoms with Crippen molar-refractivity contribution in [2.45, 2.75) is 39.0 Å². The molecule has 2 aliphatic rings. The summed E-state index contributed by atoms with van der Waals surface area (Å²) in [6.45, 7) is 3.82. The number of hydrogen-bond donors (Lipinski definition) is 0. The second kappa shape index (κ2) is 3.83. The molecule has 0 amide bonds. The Morgan fingerprint density at radius 1 is 1.41 bits per heavy atom. The summed E-state index contributed by atoms with van der Waals surface area (Å²) in [7, 11) is 0. The Kier molecular flexibility index (Phi) is 2.43. The molecule has 1 nitrogen and oxygen atoms in total. The maximum atomic E-state index is 11.4. The molecular formula is C16H18O. The minimum absolute atomic E-state index is 0.269. The van der Waals surface area contributed by atoms with Crippen molar-refractivity contribution in [3.63, 3.8) is 0 Å². The molecule has 1 heteroatoms. The zero-order chi connectivity index (χ0) is 12.0. The van der Waals surface area contributed by atoms with Crippen molar-refractivity contribution in [2.75, 3.05) is 0 Å². The van der Waals surface area contributed by atoms with E-state index in [1.54, 1.807) is 6.92 Å². The van der Waals surface area contributed by atoms with Crippen LogP contribution in [0, 0.1) is 12.8 Å². The second-order valence-electron chi connectivity index (χ2n) is 5.52. The Hall–Kier alpha value is -1.37. The van der Waals surface area contributed by atoms with E-state index in [-0.39, 0.29) is 5.78 Å². The Bertz CT molecular complexity index is 511. The van der Waals surface area contributed by atoms with Gasteiger partial charge in [0.2, 0.25) is 0 Å². The quantitative estimate of drug-likeness (QED) is 0.707. The Morgan fingerprint density at radius 2 is 2.24 bits per heavy atom. The standard InChI is InChI=1S/C16H18O/c1-10-6-13(8-11(2)17)15-9-12-4-3-5-14(12)16(15)7-10/h3,5-7,12,14H,4,8-9H2,1-2H3. The number of benzene rings is 1. The number of ketones is 1. The van der Waals surface area contributed by atoms with Crippen LogP contribution in [0.15, 0.2) is 24.3 Å². The lowest BCUT2D eigenvalue weighted by Crippen LogP contribution is -2.02. The summed E-state index contributed by atoms with van der Waals surface area (Å²) >= 11 is 0. The number of fused-ring (bicyclic) bond motifs is 3. The zero-order valence-corrected chi connectivity index (χ0v) is 10.5. The molecule has 0 heterocycles. The summed E-state index contributed by atoms with van der Waals surface area (Å²) in [5.74, 6) is 1.65. The van der Waals surface area contributed by atoms with Crippen LogP contribution in [0.3, 0.4) is 0 Å². The van der Waals surface area contributed by atoms with Crippen LogP contribution in [0.2, 0.25) is 0 Å². The molecular weight excluding hydrogens is 208 g/mol. The van der Waals surface area contributed by atoms with Crippen LogP contribution in [0.4, 0.5) is 0 Å². The van der Waals surface area contributed by atoms with Gasteiger partial charge in [-0.05, 0) is 49.3 Å². The molecule has 2 aliphatic carbocycles. The molecule has 0 fully saturated rings. The van der Waals surface area contributed by atoms with Crippen LogP contribution < -0.4 is 0 Å². The van der Waals surface area contributed by atoms with Gasteiger partial charge in [0.15, 0.2) is 0 Å². The largest absolute Gasteiger partial charge is 0.300 e. The van der Waals surface area contributed by atoms with Crippen LogP contribution in [-0.4, -0.2) is 5.78 Å². The fraction of sp³-hybridized carbons (Fsp3) is 0.438. The van der Waals surface area contributed by atoms with Crippen LogP contribution in [0.1, 0.15) is 41.5 Å². The fourth-order valence-corrected chi connectivity index (χ4v) is 3.43. The molecule has 0 N–H and O–H groups in total. The van der Waals surface area contributed by atoms with Crippen LogP contribution >= 0.6 is 0 Å². The molecule has 1 aromatic rings. The number of rotatable bonds is 2. The molecule has 1 aromatic carbocycles. The van der Waals surface area contributed by atoms with Gasteiger partial charge in [0, 0.05) is 12.3 Å². The van der Waals surface area contributed by atoms with E-state index in [4.69, 9.17) is 0 Å². The van der Waals surface area contributed by atoms with Gasteiger partial charge in [0.25, 0.3) is 0 Å². The van der Waals surface area contributed by atoms with Crippen LogP contribution in [0.25, 0.3) is 0 Å². The van der Waals surface area contributed by atoms with Gasteiger partial charge in [-0.2, -0.15) is 0 Å². The van der Waals surface area contributed by atoms with Crippen LogP contribution in [-0.2, 0) is 17.6 Å². The summed E-state index contributed by atoms with van der Waals surface area (Å²) in [5, 5.41) is 0. The third-order valence-corrected chi connectivity index (χ3v) is 4.08. The number of hydrogen-bond acceptors (Lipinski definition) is 1. The molecule has 0 saturated heterocycles. The predicted molar refractivity (Wildman–Crippen MR) is 69.3 cm³/mol. The highest BCUT2D eigenvalue weighted by atomic mass is 16.1. The highest BCUT2D eigenvalue weighted by Crippen LogP contribution is 2.46. The van der Waals surface area contributed by atoms with Gasteiger partial charge in [-0.3, -0.25) is 4.79 Å². The molecule has 0 radical (unpaired) electrons. The van der Waals surface area contributed by atoms with Gasteiger partial charge in [0.1, 0.15) is 5.78 Å². The Balaban J connectivity index is 2.08. The number of aryl methyl sites for hydroxylation is 1. The molecule has 0 spiro atoms. The van der Waals surface area contributed by atoms with Crippen molar-refractivity contribution >= 4 is 5.78 Å². The maximum absolute atomic E-state index is 11.4. The Morgan fingerprint density at radius 3 is 3.00 bits per heavy atom. The van der Waals surface area contributed by atoms with Gasteiger partial charge in [0.05, 0.1) is 0 Å². The van der Waals surface area contributed by atoms with E-state index in [0.29, 0.717) is 12.3 Å². The first kappa shape index (κ1) is 10.8. The van der Waals surface area contributed by atoms with Crippen LogP contribution in [0.5, 0.6) is 0 Å². The molecule has 2 atom stereocenters. The summed E-state index contributed by atoms with van der Waals surface area (Å²) in [5.41, 5.74) is 5.52. The number of allylic oxidation sites excluding steroid dienone is 2. The minimum atomic E-state index is 0.269. The molecule has 0 aliphatic heterocycles. The third kappa shape index (κ3) is 1.74. The van der Waals surface area contributed by atoms with Gasteiger partial charge < -0.3 is 0 Å². The summed E-state index contributed by atoms with van der Waals surface area (Å²) < 4.78 is 0. The normalized spacial score (nSPS) is 24.8.